The summed E-state index contributed by atoms with van der Waals surface area (Å²) in [6, 6.07) is 13.6. The molecule has 1 N–H and O–H groups in total. The minimum atomic E-state index is -0.281. The van der Waals surface area contributed by atoms with Gasteiger partial charge in [0.2, 0.25) is 0 Å². The number of nitrogens with zero attached hydrogens (tertiary/aromatic N) is 3. The average Bonchev–Trinajstić information content (AvgIpc) is 2.68. The summed E-state index contributed by atoms with van der Waals surface area (Å²) in [6.45, 7) is 5.79. The van der Waals surface area contributed by atoms with E-state index in [1.807, 2.05) is 51.1 Å². The van der Waals surface area contributed by atoms with Crippen LogP contribution in [-0.2, 0) is 0 Å². The number of para-hydroxylation sites is 1. The number of nitriles is 1. The molecule has 5 nitrogen and oxygen atoms in total. The number of rotatable bonds is 2. The van der Waals surface area contributed by atoms with Gasteiger partial charge in [0, 0.05) is 10.9 Å². The molecule has 0 aliphatic heterocycles. The first-order valence-corrected chi connectivity index (χ1v) is 9.44. The largest absolute Gasteiger partial charge is 0.305 e. The molecule has 0 amide bonds. The number of halogens is 1. The molecular weight excluding hydrogens is 384 g/mol. The van der Waals surface area contributed by atoms with Gasteiger partial charge in [-0.25, -0.2) is 9.97 Å². The average molecular weight is 401 g/mol. The second kappa shape index (κ2) is 7.16. The quantitative estimate of drug-likeness (QED) is 0.374. The standard InChI is InChI=1S/C23H17ClN4O/c1-12-7-14(3)20-18(8-12)23(29)28-22(27-20)17(11-25)10-16-9-15-6-4-5-13(2)19(15)26-21(16)24/h4-10H,1-3H3,(H,27,28,29). The molecule has 6 heteroatoms. The molecule has 2 aromatic heterocycles. The molecule has 0 spiro atoms. The van der Waals surface area contributed by atoms with Gasteiger partial charge in [0.1, 0.15) is 11.2 Å². The van der Waals surface area contributed by atoms with E-state index in [-0.39, 0.29) is 22.1 Å². The van der Waals surface area contributed by atoms with Crippen LogP contribution in [0.4, 0.5) is 0 Å². The molecule has 29 heavy (non-hydrogen) atoms. The van der Waals surface area contributed by atoms with Crippen LogP contribution in [0.1, 0.15) is 28.1 Å². The van der Waals surface area contributed by atoms with Crippen molar-refractivity contribution in [2.75, 3.05) is 0 Å². The third-order valence-electron chi connectivity index (χ3n) is 4.85. The molecule has 0 unspecified atom stereocenters. The second-order valence-electron chi connectivity index (χ2n) is 7.08. The fourth-order valence-electron chi connectivity index (χ4n) is 3.47. The number of aryl methyl sites for hydroxylation is 3. The van der Waals surface area contributed by atoms with Crippen molar-refractivity contribution in [3.05, 3.63) is 80.0 Å². The summed E-state index contributed by atoms with van der Waals surface area (Å²) < 4.78 is 0. The Morgan fingerprint density at radius 2 is 1.90 bits per heavy atom. The first-order valence-electron chi connectivity index (χ1n) is 9.06. The molecule has 0 saturated carbocycles. The van der Waals surface area contributed by atoms with Crippen molar-refractivity contribution in [1.29, 1.82) is 5.26 Å². The highest BCUT2D eigenvalue weighted by Gasteiger charge is 2.12. The van der Waals surface area contributed by atoms with Gasteiger partial charge in [-0.2, -0.15) is 5.26 Å². The van der Waals surface area contributed by atoms with Crippen LogP contribution in [0.2, 0.25) is 5.15 Å². The van der Waals surface area contributed by atoms with E-state index in [1.165, 1.54) is 0 Å². The molecule has 142 valence electrons. The third-order valence-corrected chi connectivity index (χ3v) is 5.15. The summed E-state index contributed by atoms with van der Waals surface area (Å²) in [5.41, 5.74) is 4.79. The molecule has 4 aromatic rings. The number of aromatic nitrogens is 3. The normalized spacial score (nSPS) is 11.8. The van der Waals surface area contributed by atoms with E-state index in [1.54, 1.807) is 12.1 Å². The minimum Gasteiger partial charge on any atom is -0.305 e. The van der Waals surface area contributed by atoms with Crippen molar-refractivity contribution in [2.24, 2.45) is 0 Å². The fraction of sp³-hybridized carbons (Fsp3) is 0.130. The summed E-state index contributed by atoms with van der Waals surface area (Å²) in [5.74, 6) is 0.206. The lowest BCUT2D eigenvalue weighted by molar-refractivity contribution is 1.12. The summed E-state index contributed by atoms with van der Waals surface area (Å²) in [7, 11) is 0. The van der Waals surface area contributed by atoms with Gasteiger partial charge < -0.3 is 4.98 Å². The fourth-order valence-corrected chi connectivity index (χ4v) is 3.67. The monoisotopic (exact) mass is 400 g/mol. The highest BCUT2D eigenvalue weighted by atomic mass is 35.5. The van der Waals surface area contributed by atoms with Gasteiger partial charge in [-0.15, -0.1) is 0 Å². The second-order valence-corrected chi connectivity index (χ2v) is 7.44. The Labute approximate surface area is 172 Å². The van der Waals surface area contributed by atoms with Crippen LogP contribution < -0.4 is 5.56 Å². The Bertz CT molecular complexity index is 1430. The number of hydrogen-bond donors (Lipinski definition) is 1. The number of aromatic amines is 1. The van der Waals surface area contributed by atoms with Gasteiger partial charge in [0.05, 0.1) is 22.0 Å². The van der Waals surface area contributed by atoms with E-state index in [4.69, 9.17) is 11.6 Å². The van der Waals surface area contributed by atoms with Gasteiger partial charge in [0.15, 0.2) is 5.82 Å². The number of nitrogens with one attached hydrogen (secondary N) is 1. The van der Waals surface area contributed by atoms with Crippen molar-refractivity contribution < 1.29 is 0 Å². The van der Waals surface area contributed by atoms with Crippen LogP contribution in [0.5, 0.6) is 0 Å². The molecule has 0 radical (unpaired) electrons. The van der Waals surface area contributed by atoms with Gasteiger partial charge in [-0.3, -0.25) is 4.79 Å². The first-order chi connectivity index (χ1) is 13.9. The van der Waals surface area contributed by atoms with Crippen LogP contribution in [0, 0.1) is 32.1 Å². The Morgan fingerprint density at radius 1 is 1.10 bits per heavy atom. The Kier molecular flexibility index (Phi) is 4.65. The maximum absolute atomic E-state index is 12.6. The van der Waals surface area contributed by atoms with E-state index < -0.39 is 0 Å². The van der Waals surface area contributed by atoms with E-state index in [2.05, 4.69) is 21.0 Å². The van der Waals surface area contributed by atoms with Gasteiger partial charge >= 0.3 is 0 Å². The molecule has 2 heterocycles. The van der Waals surface area contributed by atoms with Crippen molar-refractivity contribution in [3.8, 4) is 6.07 Å². The highest BCUT2D eigenvalue weighted by molar-refractivity contribution is 6.31. The van der Waals surface area contributed by atoms with Crippen LogP contribution in [0.25, 0.3) is 33.5 Å². The molecule has 4 rings (SSSR count). The molecule has 0 aliphatic carbocycles. The van der Waals surface area contributed by atoms with Crippen molar-refractivity contribution in [1.82, 2.24) is 15.0 Å². The number of fused-ring (bicyclic) bond motifs is 2. The Hall–Kier alpha value is -3.49. The van der Waals surface area contributed by atoms with Gasteiger partial charge in [-0.1, -0.05) is 35.9 Å². The third kappa shape index (κ3) is 3.39. The first kappa shape index (κ1) is 18.9. The Balaban J connectivity index is 1.92. The Morgan fingerprint density at radius 3 is 2.66 bits per heavy atom. The highest BCUT2D eigenvalue weighted by Crippen LogP contribution is 2.26. The van der Waals surface area contributed by atoms with E-state index in [0.717, 1.165) is 27.6 Å². The molecule has 0 bridgehead atoms. The molecule has 2 aromatic carbocycles. The molecule has 0 atom stereocenters. The summed E-state index contributed by atoms with van der Waals surface area (Å²) in [4.78, 5) is 24.3. The van der Waals surface area contributed by atoms with Crippen molar-refractivity contribution in [3.63, 3.8) is 0 Å². The van der Waals surface area contributed by atoms with Crippen LogP contribution in [0.15, 0.2) is 41.2 Å². The summed E-state index contributed by atoms with van der Waals surface area (Å²) >= 11 is 6.38. The van der Waals surface area contributed by atoms with Crippen LogP contribution >= 0.6 is 11.6 Å². The predicted molar refractivity (Wildman–Crippen MR) is 117 cm³/mol. The zero-order valence-electron chi connectivity index (χ0n) is 16.2. The number of benzene rings is 2. The maximum Gasteiger partial charge on any atom is 0.259 e. The van der Waals surface area contributed by atoms with Crippen LogP contribution in [0.3, 0.4) is 0 Å². The molecule has 0 aliphatic rings. The lowest BCUT2D eigenvalue weighted by Crippen LogP contribution is -2.12. The molecule has 0 saturated heterocycles. The predicted octanol–water partition coefficient (Wildman–Crippen LogP) is 5.11. The number of allylic oxidation sites excluding steroid dienone is 1. The van der Waals surface area contributed by atoms with Gasteiger partial charge in [0.25, 0.3) is 5.56 Å². The van der Waals surface area contributed by atoms with Crippen molar-refractivity contribution in [2.45, 2.75) is 20.8 Å². The van der Waals surface area contributed by atoms with E-state index in [9.17, 15) is 10.1 Å². The summed E-state index contributed by atoms with van der Waals surface area (Å²) in [5, 5.41) is 11.4. The SMILES string of the molecule is Cc1cc(C)c2nc(C(C#N)=Cc3cc4cccc(C)c4nc3Cl)[nH]c(=O)c2c1. The number of hydrogen-bond acceptors (Lipinski definition) is 4. The van der Waals surface area contributed by atoms with Crippen molar-refractivity contribution >= 4 is 45.1 Å². The van der Waals surface area contributed by atoms with Gasteiger partial charge in [-0.05, 0) is 55.7 Å². The lowest BCUT2D eigenvalue weighted by Gasteiger charge is -2.07. The maximum atomic E-state index is 12.6. The zero-order chi connectivity index (χ0) is 20.7. The number of H-pyrrole nitrogens is 1. The van der Waals surface area contributed by atoms with E-state index >= 15 is 0 Å². The molecule has 0 fully saturated rings. The summed E-state index contributed by atoms with van der Waals surface area (Å²) in [6.07, 6.45) is 1.60. The van der Waals surface area contributed by atoms with Crippen LogP contribution in [-0.4, -0.2) is 15.0 Å². The molecular formula is C23H17ClN4O. The smallest absolute Gasteiger partial charge is 0.259 e. The lowest BCUT2D eigenvalue weighted by atomic mass is 10.1. The zero-order valence-corrected chi connectivity index (χ0v) is 16.9. The topological polar surface area (TPSA) is 82.4 Å². The van der Waals surface area contributed by atoms with E-state index in [0.29, 0.717) is 16.5 Å². The minimum absolute atomic E-state index is 0.206. The number of pyridine rings is 1.